The van der Waals surface area contributed by atoms with Gasteiger partial charge >= 0.3 is 0 Å². The fraction of sp³-hybridized carbons (Fsp3) is 1.00. The number of nitrogens with one attached hydrogen (secondary N) is 1. The summed E-state index contributed by atoms with van der Waals surface area (Å²) in [4.78, 5) is 2.54. The van der Waals surface area contributed by atoms with Gasteiger partial charge in [0.1, 0.15) is 0 Å². The lowest BCUT2D eigenvalue weighted by molar-refractivity contribution is 0.131. The molecule has 1 atom stereocenters. The second-order valence-corrected chi connectivity index (χ2v) is 5.81. The summed E-state index contributed by atoms with van der Waals surface area (Å²) in [6.07, 6.45) is 4.44. The molecule has 1 fully saturated rings. The van der Waals surface area contributed by atoms with Gasteiger partial charge in [0.05, 0.1) is 6.10 Å². The zero-order chi connectivity index (χ0) is 12.7. The van der Waals surface area contributed by atoms with Crippen LogP contribution in [0.1, 0.15) is 46.5 Å². The van der Waals surface area contributed by atoms with Crippen molar-refractivity contribution in [3.8, 4) is 0 Å². The van der Waals surface area contributed by atoms with E-state index in [1.165, 1.54) is 38.9 Å². The number of likely N-dealkylation sites (tertiary alicyclic amines) is 1. The van der Waals surface area contributed by atoms with E-state index in [1.54, 1.807) is 0 Å². The van der Waals surface area contributed by atoms with E-state index in [0.29, 0.717) is 12.0 Å². The molecule has 3 heteroatoms. The van der Waals surface area contributed by atoms with Gasteiger partial charge in [-0.3, -0.25) is 0 Å². The highest BCUT2D eigenvalue weighted by atomic mass is 16.3. The first-order chi connectivity index (χ1) is 8.11. The number of rotatable bonds is 7. The van der Waals surface area contributed by atoms with E-state index in [1.807, 2.05) is 0 Å². The highest BCUT2D eigenvalue weighted by Crippen LogP contribution is 2.11. The Labute approximate surface area is 107 Å². The topological polar surface area (TPSA) is 35.5 Å². The summed E-state index contributed by atoms with van der Waals surface area (Å²) >= 11 is 0. The predicted octanol–water partition coefficient (Wildman–Crippen LogP) is 1.86. The molecule has 1 saturated heterocycles. The van der Waals surface area contributed by atoms with Gasteiger partial charge in [-0.15, -0.1) is 0 Å². The van der Waals surface area contributed by atoms with Crippen LogP contribution < -0.4 is 5.32 Å². The quantitative estimate of drug-likeness (QED) is 0.715. The molecule has 1 rings (SSSR count). The van der Waals surface area contributed by atoms with Crippen molar-refractivity contribution in [2.75, 3.05) is 26.2 Å². The minimum absolute atomic E-state index is 0.177. The number of aliphatic hydroxyl groups is 1. The van der Waals surface area contributed by atoms with Crippen LogP contribution in [0.3, 0.4) is 0 Å². The van der Waals surface area contributed by atoms with Crippen molar-refractivity contribution in [3.05, 3.63) is 0 Å². The molecule has 0 aromatic heterocycles. The third-order valence-corrected chi connectivity index (χ3v) is 3.51. The summed E-state index contributed by atoms with van der Waals surface area (Å²) in [5.74, 6) is 0.582. The zero-order valence-corrected chi connectivity index (χ0v) is 11.8. The molecule has 0 radical (unpaired) electrons. The van der Waals surface area contributed by atoms with E-state index >= 15 is 0 Å². The second-order valence-electron chi connectivity index (χ2n) is 5.81. The number of piperidine rings is 1. The van der Waals surface area contributed by atoms with E-state index in [-0.39, 0.29) is 6.10 Å². The highest BCUT2D eigenvalue weighted by Gasteiger charge is 2.18. The van der Waals surface area contributed by atoms with Crippen molar-refractivity contribution < 1.29 is 5.11 Å². The van der Waals surface area contributed by atoms with E-state index < -0.39 is 0 Å². The molecule has 1 heterocycles. The molecule has 3 nitrogen and oxygen atoms in total. The highest BCUT2D eigenvalue weighted by molar-refractivity contribution is 4.78. The smallest absolute Gasteiger partial charge is 0.0667 e. The van der Waals surface area contributed by atoms with Crippen molar-refractivity contribution in [3.63, 3.8) is 0 Å². The maximum absolute atomic E-state index is 9.81. The van der Waals surface area contributed by atoms with Crippen molar-refractivity contribution in [2.24, 2.45) is 5.92 Å². The van der Waals surface area contributed by atoms with Gasteiger partial charge in [-0.2, -0.15) is 0 Å². The Morgan fingerprint density at radius 1 is 1.29 bits per heavy atom. The molecule has 0 amide bonds. The molecule has 1 aliphatic rings. The van der Waals surface area contributed by atoms with Crippen LogP contribution >= 0.6 is 0 Å². The number of aliphatic hydroxyl groups excluding tert-OH is 1. The van der Waals surface area contributed by atoms with Gasteiger partial charge in [-0.25, -0.2) is 0 Å². The van der Waals surface area contributed by atoms with Gasteiger partial charge in [0, 0.05) is 12.6 Å². The lowest BCUT2D eigenvalue weighted by Gasteiger charge is -2.32. The molecule has 0 aliphatic carbocycles. The van der Waals surface area contributed by atoms with Gasteiger partial charge in [0.15, 0.2) is 0 Å². The van der Waals surface area contributed by atoms with Crippen LogP contribution in [0.25, 0.3) is 0 Å². The molecule has 0 aromatic rings. The minimum Gasteiger partial charge on any atom is -0.392 e. The Balaban J connectivity index is 2.09. The van der Waals surface area contributed by atoms with Gasteiger partial charge in [0.2, 0.25) is 0 Å². The standard InChI is InChI=1S/C14H30N2O/c1-4-7-16-8-5-13(6-9-16)15-11-14(17)10-12(2)3/h12-15,17H,4-11H2,1-3H3. The van der Waals surface area contributed by atoms with Gasteiger partial charge in [-0.1, -0.05) is 20.8 Å². The first kappa shape index (κ1) is 14.9. The molecule has 0 saturated carbocycles. The molecule has 102 valence electrons. The SMILES string of the molecule is CCCN1CCC(NCC(O)CC(C)C)CC1. The molecule has 0 spiro atoms. The van der Waals surface area contributed by atoms with Crippen LogP contribution in [-0.4, -0.2) is 48.3 Å². The average molecular weight is 242 g/mol. The van der Waals surface area contributed by atoms with E-state index in [9.17, 15) is 5.11 Å². The number of nitrogens with zero attached hydrogens (tertiary/aromatic N) is 1. The van der Waals surface area contributed by atoms with Crippen molar-refractivity contribution in [1.82, 2.24) is 10.2 Å². The molecule has 1 aliphatic heterocycles. The molecule has 0 bridgehead atoms. The number of hydrogen-bond acceptors (Lipinski definition) is 3. The molecule has 2 N–H and O–H groups in total. The number of hydrogen-bond donors (Lipinski definition) is 2. The Morgan fingerprint density at radius 3 is 2.47 bits per heavy atom. The van der Waals surface area contributed by atoms with Crippen LogP contribution in [-0.2, 0) is 0 Å². The van der Waals surface area contributed by atoms with Crippen LogP contribution in [0.4, 0.5) is 0 Å². The van der Waals surface area contributed by atoms with Crippen molar-refractivity contribution >= 4 is 0 Å². The Kier molecular flexibility index (Phi) is 7.09. The predicted molar refractivity (Wildman–Crippen MR) is 73.2 cm³/mol. The monoisotopic (exact) mass is 242 g/mol. The molecular formula is C14H30N2O. The summed E-state index contributed by atoms with van der Waals surface area (Å²) in [6, 6.07) is 0.616. The first-order valence-electron chi connectivity index (χ1n) is 7.25. The maximum atomic E-state index is 9.81. The van der Waals surface area contributed by atoms with Crippen LogP contribution in [0, 0.1) is 5.92 Å². The van der Waals surface area contributed by atoms with E-state index in [0.717, 1.165) is 13.0 Å². The van der Waals surface area contributed by atoms with E-state index in [4.69, 9.17) is 0 Å². The first-order valence-corrected chi connectivity index (χ1v) is 7.25. The fourth-order valence-electron chi connectivity index (χ4n) is 2.61. The normalized spacial score (nSPS) is 21.0. The maximum Gasteiger partial charge on any atom is 0.0667 e. The van der Waals surface area contributed by atoms with Crippen LogP contribution in [0.5, 0.6) is 0 Å². The largest absolute Gasteiger partial charge is 0.392 e. The summed E-state index contributed by atoms with van der Waals surface area (Å²) in [7, 11) is 0. The van der Waals surface area contributed by atoms with Gasteiger partial charge in [-0.05, 0) is 51.2 Å². The van der Waals surface area contributed by atoms with E-state index in [2.05, 4.69) is 31.0 Å². The van der Waals surface area contributed by atoms with Crippen molar-refractivity contribution in [1.29, 1.82) is 0 Å². The molecular weight excluding hydrogens is 212 g/mol. The Hall–Kier alpha value is -0.120. The van der Waals surface area contributed by atoms with Crippen molar-refractivity contribution in [2.45, 2.75) is 58.6 Å². The Morgan fingerprint density at radius 2 is 1.94 bits per heavy atom. The zero-order valence-electron chi connectivity index (χ0n) is 11.8. The lowest BCUT2D eigenvalue weighted by atomic mass is 10.0. The Bertz CT molecular complexity index is 189. The fourth-order valence-corrected chi connectivity index (χ4v) is 2.61. The molecule has 1 unspecified atom stereocenters. The second kappa shape index (κ2) is 8.06. The minimum atomic E-state index is -0.177. The summed E-state index contributed by atoms with van der Waals surface area (Å²) in [6.45, 7) is 11.0. The third-order valence-electron chi connectivity index (χ3n) is 3.51. The third kappa shape index (κ3) is 6.39. The van der Waals surface area contributed by atoms with Crippen LogP contribution in [0.15, 0.2) is 0 Å². The lowest BCUT2D eigenvalue weighted by Crippen LogP contribution is -2.44. The summed E-state index contributed by atoms with van der Waals surface area (Å²) in [5, 5.41) is 13.3. The molecule has 17 heavy (non-hydrogen) atoms. The summed E-state index contributed by atoms with van der Waals surface area (Å²) < 4.78 is 0. The summed E-state index contributed by atoms with van der Waals surface area (Å²) in [5.41, 5.74) is 0. The van der Waals surface area contributed by atoms with Crippen LogP contribution in [0.2, 0.25) is 0 Å². The van der Waals surface area contributed by atoms with Gasteiger partial charge in [0.25, 0.3) is 0 Å². The molecule has 0 aromatic carbocycles. The van der Waals surface area contributed by atoms with Gasteiger partial charge < -0.3 is 15.3 Å². The average Bonchev–Trinajstić information content (AvgIpc) is 2.28.